The number of aliphatic hydroxyl groups is 4. The van der Waals surface area contributed by atoms with Crippen molar-refractivity contribution in [2.75, 3.05) is 0 Å². The largest absolute Gasteiger partial charge is 0.508 e. The molecule has 116 heavy (non-hydrogen) atoms. The predicted octanol–water partition coefficient (Wildman–Crippen LogP) is 25.9. The molecule has 17 rings (SSSR count). The van der Waals surface area contributed by atoms with Crippen molar-refractivity contribution in [1.82, 2.24) is 0 Å². The fourth-order valence-electron chi connectivity index (χ4n) is 28.0. The Balaban J connectivity index is 0.000000128. The molecule has 8 heteroatoms. The molecule has 0 saturated heterocycles. The van der Waals surface area contributed by atoms with Gasteiger partial charge in [0.1, 0.15) is 23.0 Å². The van der Waals surface area contributed by atoms with Crippen LogP contribution in [0.25, 0.3) is 0 Å². The third-order valence-corrected chi connectivity index (χ3v) is 34.1. The summed E-state index contributed by atoms with van der Waals surface area (Å²) in [6.45, 7) is 34.0. The Morgan fingerprint density at radius 1 is 0.319 bits per heavy atom. The molecule has 5 aromatic carbocycles. The molecule has 0 aromatic heterocycles. The Kier molecular flexibility index (Phi) is 25.5. The lowest BCUT2D eigenvalue weighted by atomic mass is 9.52. The van der Waals surface area contributed by atoms with Crippen molar-refractivity contribution in [3.05, 3.63) is 196 Å². The number of phenolic OH excluding ortho intramolecular Hbond substituents is 4. The highest BCUT2D eigenvalue weighted by molar-refractivity contribution is 5.61. The van der Waals surface area contributed by atoms with E-state index in [0.29, 0.717) is 23.0 Å². The minimum atomic E-state index is -0.193. The normalized spacial score (nSPS) is 31.0. The van der Waals surface area contributed by atoms with Crippen LogP contribution in [0.15, 0.2) is 123 Å². The van der Waals surface area contributed by atoms with Gasteiger partial charge in [0, 0.05) is 21.7 Å². The number of benzene rings is 5. The maximum atomic E-state index is 10.9. The van der Waals surface area contributed by atoms with Gasteiger partial charge in [0.15, 0.2) is 0 Å². The van der Waals surface area contributed by atoms with E-state index in [-0.39, 0.29) is 67.7 Å². The monoisotopic (exact) mass is 1580 g/mol. The van der Waals surface area contributed by atoms with E-state index >= 15 is 0 Å². The van der Waals surface area contributed by atoms with E-state index in [1.807, 2.05) is 24.3 Å². The standard InChI is InChI=1S/C31H40O2.2C26H38O2.C25H36O2/c1-21(2)8-7-15-30-16-17-31(19-23-9-5-4-6-10-23)26-13-14-29(33)22(3)25(26)11-12-27(31)28(30)18-24(32)20-30;2*1-5-26-14-13-25(12-6-7-17(2)3)16-19(27)15-23(25)22(26)9-8-20-18(4)24(28)11-10-21(20)26;1-16(2)6-5-11-25-13-12-24(4)20-9-10-23(27)17(3)19(20)7-8-21(24)22(25)14-18(26)15-25/h4-6,9-10,13-14,21,24,32-33H,7-8,11-12,15-20H2,1-3H3;2*10-11,17,19,27-28H,5-9,12-16H2,1-4H3;9-10,16,18,26-27H,5-8,11-15H2,1-4H3/t24-,30-,31-;19-,25-,26+;19-,25-,26-;18-,24-,25?/m1111/s1. The van der Waals surface area contributed by atoms with Gasteiger partial charge in [0.25, 0.3) is 0 Å². The van der Waals surface area contributed by atoms with Crippen molar-refractivity contribution >= 4 is 0 Å². The van der Waals surface area contributed by atoms with Gasteiger partial charge in [0.2, 0.25) is 0 Å². The zero-order chi connectivity index (χ0) is 82.8. The first-order chi connectivity index (χ1) is 55.3. The summed E-state index contributed by atoms with van der Waals surface area (Å²) < 4.78 is 0. The zero-order valence-electron chi connectivity index (χ0n) is 74.8. The van der Waals surface area contributed by atoms with Gasteiger partial charge in [-0.25, -0.2) is 0 Å². The van der Waals surface area contributed by atoms with Gasteiger partial charge in [0.05, 0.1) is 24.4 Å². The van der Waals surface area contributed by atoms with Crippen molar-refractivity contribution in [3.63, 3.8) is 0 Å². The number of fused-ring (bicyclic) bond motifs is 16. The lowest BCUT2D eigenvalue weighted by Gasteiger charge is -2.51. The lowest BCUT2D eigenvalue weighted by Crippen LogP contribution is -2.43. The van der Waals surface area contributed by atoms with Gasteiger partial charge in [-0.1, -0.05) is 227 Å². The number of allylic oxidation sites excluding steroid dienone is 4. The Morgan fingerprint density at radius 2 is 0.595 bits per heavy atom. The summed E-state index contributed by atoms with van der Waals surface area (Å²) in [6, 6.07) is 27.4. The van der Waals surface area contributed by atoms with Gasteiger partial charge in [-0.2, -0.15) is 0 Å². The maximum Gasteiger partial charge on any atom is 0.118 e. The molecule has 4 fully saturated rings. The second-order valence-corrected chi connectivity index (χ2v) is 42.2. The molecular weight excluding hydrogens is 1430 g/mol. The quantitative estimate of drug-likeness (QED) is 0.0357. The number of aromatic hydroxyl groups is 4. The minimum Gasteiger partial charge on any atom is -0.508 e. The summed E-state index contributed by atoms with van der Waals surface area (Å²) in [5.41, 5.74) is 31.4. The van der Waals surface area contributed by atoms with Crippen LogP contribution in [0.4, 0.5) is 0 Å². The van der Waals surface area contributed by atoms with Crippen molar-refractivity contribution in [2.24, 2.45) is 45.3 Å². The van der Waals surface area contributed by atoms with E-state index in [1.54, 1.807) is 44.6 Å². The average Bonchev–Trinajstić information content (AvgIpc) is 1.35. The smallest absolute Gasteiger partial charge is 0.118 e. The molecule has 8 nitrogen and oxygen atoms in total. The molecule has 12 atom stereocenters. The second-order valence-electron chi connectivity index (χ2n) is 42.2. The average molecular weight is 1580 g/mol. The van der Waals surface area contributed by atoms with Gasteiger partial charge >= 0.3 is 0 Å². The van der Waals surface area contributed by atoms with Crippen LogP contribution in [-0.2, 0) is 53.8 Å². The molecule has 0 aliphatic heterocycles. The third kappa shape index (κ3) is 15.7. The summed E-state index contributed by atoms with van der Waals surface area (Å²) >= 11 is 0. The second kappa shape index (κ2) is 34.2. The topological polar surface area (TPSA) is 162 Å². The number of rotatable bonds is 20. The molecular formula is C108H152O8. The summed E-state index contributed by atoms with van der Waals surface area (Å²) in [5.74, 6) is 4.76. The van der Waals surface area contributed by atoms with Crippen molar-refractivity contribution in [1.29, 1.82) is 0 Å². The van der Waals surface area contributed by atoms with Crippen LogP contribution >= 0.6 is 0 Å². The Labute approximate surface area is 701 Å². The van der Waals surface area contributed by atoms with E-state index in [9.17, 15) is 40.9 Å². The molecule has 0 amide bonds. The lowest BCUT2D eigenvalue weighted by molar-refractivity contribution is 0.140. The van der Waals surface area contributed by atoms with Crippen LogP contribution < -0.4 is 0 Å². The molecule has 12 aliphatic rings. The third-order valence-electron chi connectivity index (χ3n) is 34.1. The van der Waals surface area contributed by atoms with Gasteiger partial charge < -0.3 is 40.9 Å². The Bertz CT molecular complexity index is 4400. The number of hydrogen-bond acceptors (Lipinski definition) is 8. The number of aliphatic hydroxyl groups excluding tert-OH is 4. The summed E-state index contributed by atoms with van der Waals surface area (Å²) in [6.07, 6.45) is 43.3. The first-order valence-corrected chi connectivity index (χ1v) is 47.2. The van der Waals surface area contributed by atoms with Crippen LogP contribution in [0.3, 0.4) is 0 Å². The highest BCUT2D eigenvalue weighted by atomic mass is 16.3. The molecule has 0 spiro atoms. The molecule has 632 valence electrons. The van der Waals surface area contributed by atoms with Crippen LogP contribution in [0, 0.1) is 73.0 Å². The summed E-state index contributed by atoms with van der Waals surface area (Å²) in [7, 11) is 0. The first-order valence-electron chi connectivity index (χ1n) is 47.2. The SMILES string of the molecule is CC[C@@]12CC[C@]3(CCCC(C)C)C[C@H](O)CC3=C1CCc1c2ccc(O)c1C.CC[C@]12CC[C@]3(CCCC(C)C)C[C@H](O)CC3=C1CCc1c2ccc(O)c1C.Cc1c(O)ccc2c1CCC1=C3C[C@@H](O)CC3(CCCC(C)C)CC[C@@]12C.Cc1c(O)ccc2c1CCC1=C3C[C@@H](O)C[C@@]3(CCCC(C)C)CC[C@]12Cc1ccccc1. The van der Waals surface area contributed by atoms with Crippen molar-refractivity contribution < 1.29 is 40.9 Å². The van der Waals surface area contributed by atoms with Gasteiger partial charge in [-0.15, -0.1) is 0 Å². The fourth-order valence-corrected chi connectivity index (χ4v) is 28.0. The number of phenols is 4. The van der Waals surface area contributed by atoms with E-state index in [1.165, 1.54) is 172 Å². The molecule has 4 saturated carbocycles. The molecule has 5 aromatic rings. The molecule has 0 heterocycles. The predicted molar refractivity (Wildman–Crippen MR) is 478 cm³/mol. The minimum absolute atomic E-state index is 0.00562. The van der Waals surface area contributed by atoms with Gasteiger partial charge in [-0.05, 0) is 369 Å². The van der Waals surface area contributed by atoms with E-state index in [2.05, 4.69) is 158 Å². The number of hydrogen-bond donors (Lipinski definition) is 8. The van der Waals surface area contributed by atoms with E-state index in [0.717, 1.165) is 174 Å². The molecule has 8 N–H and O–H groups in total. The maximum absolute atomic E-state index is 10.9. The fraction of sp³-hybridized carbons (Fsp3) is 0.648. The molecule has 12 aliphatic carbocycles. The van der Waals surface area contributed by atoms with Gasteiger partial charge in [-0.3, -0.25) is 0 Å². The van der Waals surface area contributed by atoms with Crippen molar-refractivity contribution in [3.8, 4) is 23.0 Å². The van der Waals surface area contributed by atoms with Crippen LogP contribution in [0.1, 0.15) is 367 Å². The zero-order valence-corrected chi connectivity index (χ0v) is 74.8. The first kappa shape index (κ1) is 86.5. The molecule has 1 unspecified atom stereocenters. The van der Waals surface area contributed by atoms with E-state index < -0.39 is 0 Å². The molecule has 0 radical (unpaired) electrons. The highest BCUT2D eigenvalue weighted by Crippen LogP contribution is 2.68. The van der Waals surface area contributed by atoms with Crippen LogP contribution in [0.2, 0.25) is 0 Å². The Hall–Kier alpha value is -5.90. The van der Waals surface area contributed by atoms with Crippen molar-refractivity contribution in [2.45, 2.75) is 400 Å². The van der Waals surface area contributed by atoms with Crippen LogP contribution in [-0.4, -0.2) is 65.3 Å². The van der Waals surface area contributed by atoms with Crippen LogP contribution in [0.5, 0.6) is 23.0 Å². The summed E-state index contributed by atoms with van der Waals surface area (Å²) in [4.78, 5) is 0. The molecule has 0 bridgehead atoms. The van der Waals surface area contributed by atoms with E-state index in [4.69, 9.17) is 0 Å². The Morgan fingerprint density at radius 3 is 0.922 bits per heavy atom. The summed E-state index contributed by atoms with van der Waals surface area (Å²) in [5, 5.41) is 84.0. The highest BCUT2D eigenvalue weighted by Gasteiger charge is 2.58.